The van der Waals surface area contributed by atoms with Crippen LogP contribution < -0.4 is 24.3 Å². The summed E-state index contributed by atoms with van der Waals surface area (Å²) in [6, 6.07) is 9.99. The highest BCUT2D eigenvalue weighted by atomic mass is 16.5. The van der Waals surface area contributed by atoms with Crippen LogP contribution >= 0.6 is 0 Å². The van der Waals surface area contributed by atoms with E-state index in [1.807, 2.05) is 32.0 Å². The fourth-order valence-electron chi connectivity index (χ4n) is 3.88. The van der Waals surface area contributed by atoms with E-state index in [9.17, 15) is 4.79 Å². The molecule has 0 saturated carbocycles. The fourth-order valence-corrected chi connectivity index (χ4v) is 3.88. The van der Waals surface area contributed by atoms with Gasteiger partial charge in [0.05, 0.1) is 13.2 Å². The summed E-state index contributed by atoms with van der Waals surface area (Å²) in [5.41, 5.74) is 3.33. The average molecular weight is 457 g/mol. The molecule has 0 radical (unpaired) electrons. The molecule has 0 spiro atoms. The molecule has 180 valence electrons. The van der Waals surface area contributed by atoms with Gasteiger partial charge in [-0.1, -0.05) is 6.07 Å². The number of carbonyl (C=O) groups excluding carboxylic acids is 1. The van der Waals surface area contributed by atoms with Crippen molar-refractivity contribution >= 4 is 5.91 Å². The maximum absolute atomic E-state index is 12.2. The van der Waals surface area contributed by atoms with E-state index in [-0.39, 0.29) is 12.0 Å². The predicted octanol–water partition coefficient (Wildman–Crippen LogP) is 3.95. The monoisotopic (exact) mass is 456 g/mol. The molecule has 2 aromatic rings. The largest absolute Gasteiger partial charge is 0.494 e. The first kappa shape index (κ1) is 24.7. The van der Waals surface area contributed by atoms with E-state index in [4.69, 9.17) is 18.9 Å². The normalized spacial score (nSPS) is 15.4. The van der Waals surface area contributed by atoms with Crippen molar-refractivity contribution in [2.24, 2.45) is 0 Å². The maximum Gasteiger partial charge on any atom is 0.262 e. The Morgan fingerprint density at radius 2 is 1.82 bits per heavy atom. The van der Waals surface area contributed by atoms with Gasteiger partial charge in [-0.05, 0) is 57.5 Å². The van der Waals surface area contributed by atoms with E-state index in [0.717, 1.165) is 29.0 Å². The van der Waals surface area contributed by atoms with E-state index >= 15 is 0 Å². The van der Waals surface area contributed by atoms with Crippen LogP contribution in [-0.2, 0) is 24.3 Å². The zero-order valence-electron chi connectivity index (χ0n) is 20.6. The van der Waals surface area contributed by atoms with Crippen LogP contribution in [0.1, 0.15) is 44.4 Å². The van der Waals surface area contributed by atoms with E-state index in [0.29, 0.717) is 37.8 Å². The molecule has 1 aliphatic heterocycles. The number of rotatable bonds is 11. The van der Waals surface area contributed by atoms with Crippen LogP contribution in [0.2, 0.25) is 0 Å². The van der Waals surface area contributed by atoms with Gasteiger partial charge in [0, 0.05) is 44.7 Å². The minimum Gasteiger partial charge on any atom is -0.494 e. The lowest BCUT2D eigenvalue weighted by Gasteiger charge is -2.20. The van der Waals surface area contributed by atoms with Gasteiger partial charge < -0.3 is 29.2 Å². The molecular weight excluding hydrogens is 420 g/mol. The molecule has 2 atom stereocenters. The highest BCUT2D eigenvalue weighted by molar-refractivity contribution is 5.80. The van der Waals surface area contributed by atoms with Crippen LogP contribution in [0.15, 0.2) is 30.3 Å². The lowest BCUT2D eigenvalue weighted by molar-refractivity contribution is -0.135. The summed E-state index contributed by atoms with van der Waals surface area (Å²) < 4.78 is 23.5. The molecular formula is C26H36N2O5. The Morgan fingerprint density at radius 1 is 1.09 bits per heavy atom. The number of nitrogens with one attached hydrogen (secondary N) is 1. The van der Waals surface area contributed by atoms with Crippen LogP contribution in [0, 0.1) is 0 Å². The first-order valence-corrected chi connectivity index (χ1v) is 11.6. The third kappa shape index (κ3) is 6.32. The zero-order chi connectivity index (χ0) is 24.0. The van der Waals surface area contributed by atoms with Gasteiger partial charge in [0.1, 0.15) is 17.6 Å². The van der Waals surface area contributed by atoms with Gasteiger partial charge in [-0.25, -0.2) is 0 Å². The summed E-state index contributed by atoms with van der Waals surface area (Å²) in [6.45, 7) is 10.2. The predicted molar refractivity (Wildman–Crippen MR) is 128 cm³/mol. The second-order valence-electron chi connectivity index (χ2n) is 8.44. The number of fused-ring (bicyclic) bond motifs is 1. The third-order valence-electron chi connectivity index (χ3n) is 5.42. The van der Waals surface area contributed by atoms with E-state index in [1.54, 1.807) is 21.0 Å². The second kappa shape index (κ2) is 11.3. The molecule has 0 bridgehead atoms. The standard InChI is InChI=1S/C26H36N2O5/c1-7-30-23-13-20-11-17(3)32-24(20)14-21(23)16-27-15-19-9-10-22(25(12-19)31-8-2)33-18(4)26(29)28(5)6/h9-10,12-14,17-18,27H,7-8,11,15-16H2,1-6H3/t17-,18-/m0/s1. The molecule has 33 heavy (non-hydrogen) atoms. The molecule has 0 aromatic heterocycles. The molecule has 1 N–H and O–H groups in total. The number of amides is 1. The van der Waals surface area contributed by atoms with Gasteiger partial charge in [-0.15, -0.1) is 0 Å². The summed E-state index contributed by atoms with van der Waals surface area (Å²) in [5, 5.41) is 3.49. The third-order valence-corrected chi connectivity index (χ3v) is 5.42. The van der Waals surface area contributed by atoms with Gasteiger partial charge in [-0.3, -0.25) is 4.79 Å². The van der Waals surface area contributed by atoms with Crippen molar-refractivity contribution in [3.63, 3.8) is 0 Å². The summed E-state index contributed by atoms with van der Waals surface area (Å²) >= 11 is 0. The highest BCUT2D eigenvalue weighted by Crippen LogP contribution is 2.35. The molecule has 1 aliphatic rings. The number of benzene rings is 2. The van der Waals surface area contributed by atoms with E-state index in [2.05, 4.69) is 24.4 Å². The molecule has 7 nitrogen and oxygen atoms in total. The van der Waals surface area contributed by atoms with Crippen molar-refractivity contribution in [3.05, 3.63) is 47.0 Å². The first-order chi connectivity index (χ1) is 15.8. The number of likely N-dealkylation sites (N-methyl/N-ethyl adjacent to an activating group) is 1. The van der Waals surface area contributed by atoms with Gasteiger partial charge in [-0.2, -0.15) is 0 Å². The summed E-state index contributed by atoms with van der Waals surface area (Å²) in [5.74, 6) is 2.95. The van der Waals surface area contributed by atoms with Crippen LogP contribution in [-0.4, -0.2) is 50.3 Å². The van der Waals surface area contributed by atoms with Crippen molar-refractivity contribution in [2.45, 2.75) is 59.4 Å². The van der Waals surface area contributed by atoms with Crippen molar-refractivity contribution in [1.82, 2.24) is 10.2 Å². The molecule has 1 heterocycles. The number of nitrogens with zero attached hydrogens (tertiary/aromatic N) is 1. The van der Waals surface area contributed by atoms with Gasteiger partial charge >= 0.3 is 0 Å². The van der Waals surface area contributed by atoms with Crippen molar-refractivity contribution in [2.75, 3.05) is 27.3 Å². The molecule has 2 aromatic carbocycles. The molecule has 0 unspecified atom stereocenters. The SMILES string of the molecule is CCOc1cc2c(cc1CNCc1ccc(O[C@@H](C)C(=O)N(C)C)c(OCC)c1)O[C@@H](C)C2. The van der Waals surface area contributed by atoms with Gasteiger partial charge in [0.2, 0.25) is 0 Å². The Labute approximate surface area is 197 Å². The van der Waals surface area contributed by atoms with Gasteiger partial charge in [0.15, 0.2) is 17.6 Å². The summed E-state index contributed by atoms with van der Waals surface area (Å²) in [6.07, 6.45) is 0.521. The molecule has 3 rings (SSSR count). The average Bonchev–Trinajstić information content (AvgIpc) is 3.14. The fraction of sp³-hybridized carbons (Fsp3) is 0.500. The maximum atomic E-state index is 12.2. The van der Waals surface area contributed by atoms with Crippen LogP contribution in [0.3, 0.4) is 0 Å². The van der Waals surface area contributed by atoms with Crippen LogP contribution in [0.4, 0.5) is 0 Å². The Morgan fingerprint density at radius 3 is 2.52 bits per heavy atom. The number of ether oxygens (including phenoxy) is 4. The zero-order valence-corrected chi connectivity index (χ0v) is 20.6. The minimum atomic E-state index is -0.593. The molecule has 0 saturated heterocycles. The Balaban J connectivity index is 1.67. The van der Waals surface area contributed by atoms with Crippen molar-refractivity contribution in [1.29, 1.82) is 0 Å². The van der Waals surface area contributed by atoms with E-state index in [1.165, 1.54) is 10.5 Å². The lowest BCUT2D eigenvalue weighted by Crippen LogP contribution is -2.35. The Hall–Kier alpha value is -2.93. The summed E-state index contributed by atoms with van der Waals surface area (Å²) in [7, 11) is 3.43. The minimum absolute atomic E-state index is 0.0963. The van der Waals surface area contributed by atoms with Gasteiger partial charge in [0.25, 0.3) is 5.91 Å². The second-order valence-corrected chi connectivity index (χ2v) is 8.44. The Kier molecular flexibility index (Phi) is 8.44. The van der Waals surface area contributed by atoms with Crippen molar-refractivity contribution in [3.8, 4) is 23.0 Å². The molecule has 0 fully saturated rings. The lowest BCUT2D eigenvalue weighted by atomic mass is 10.1. The Bertz CT molecular complexity index is 960. The highest BCUT2D eigenvalue weighted by Gasteiger charge is 2.22. The van der Waals surface area contributed by atoms with Crippen molar-refractivity contribution < 1.29 is 23.7 Å². The topological polar surface area (TPSA) is 69.3 Å². The summed E-state index contributed by atoms with van der Waals surface area (Å²) in [4.78, 5) is 13.7. The van der Waals surface area contributed by atoms with Crippen LogP contribution in [0.5, 0.6) is 23.0 Å². The smallest absolute Gasteiger partial charge is 0.262 e. The van der Waals surface area contributed by atoms with Crippen LogP contribution in [0.25, 0.3) is 0 Å². The number of hydrogen-bond donors (Lipinski definition) is 1. The molecule has 0 aliphatic carbocycles. The quantitative estimate of drug-likeness (QED) is 0.552. The number of carbonyl (C=O) groups is 1. The molecule has 7 heteroatoms. The number of hydrogen-bond acceptors (Lipinski definition) is 6. The van der Waals surface area contributed by atoms with E-state index < -0.39 is 6.10 Å². The first-order valence-electron chi connectivity index (χ1n) is 11.6. The molecule has 1 amide bonds.